The van der Waals surface area contributed by atoms with Crippen LogP contribution in [0.1, 0.15) is 18.6 Å². The van der Waals surface area contributed by atoms with Crippen LogP contribution in [-0.2, 0) is 9.84 Å². The fourth-order valence-corrected chi connectivity index (χ4v) is 1.82. The number of aliphatic hydroxyl groups excluding tert-OH is 1. The van der Waals surface area contributed by atoms with Crippen LogP contribution >= 0.6 is 0 Å². The normalized spacial score (nSPS) is 15.9. The molecular weight excluding hydrogens is 214 g/mol. The summed E-state index contributed by atoms with van der Waals surface area (Å²) in [5, 5.41) is 8.98. The molecule has 1 aromatic carbocycles. The van der Waals surface area contributed by atoms with E-state index in [1.807, 2.05) is 0 Å². The zero-order chi connectivity index (χ0) is 11.6. The fraction of sp³-hybridized carbons (Fsp3) is 0.400. The monoisotopic (exact) mass is 229 g/mol. The molecule has 5 heteroatoms. The number of aliphatic hydroxyl groups is 1. The summed E-state index contributed by atoms with van der Waals surface area (Å²) in [5.74, 6) is 0. The Morgan fingerprint density at radius 2 is 1.73 bits per heavy atom. The molecule has 0 aliphatic carbocycles. The van der Waals surface area contributed by atoms with E-state index in [2.05, 4.69) is 0 Å². The second-order valence-corrected chi connectivity index (χ2v) is 6.05. The highest BCUT2D eigenvalue weighted by Gasteiger charge is 2.25. The van der Waals surface area contributed by atoms with Gasteiger partial charge in [-0.15, -0.1) is 0 Å². The van der Waals surface area contributed by atoms with Gasteiger partial charge < -0.3 is 10.8 Å². The first-order valence-electron chi connectivity index (χ1n) is 4.54. The van der Waals surface area contributed by atoms with Gasteiger partial charge in [0.05, 0.1) is 11.4 Å². The van der Waals surface area contributed by atoms with E-state index in [9.17, 15) is 13.5 Å². The van der Waals surface area contributed by atoms with Crippen LogP contribution in [-0.4, -0.2) is 25.0 Å². The fourth-order valence-electron chi connectivity index (χ4n) is 1.20. The number of sulfone groups is 1. The van der Waals surface area contributed by atoms with Gasteiger partial charge in [-0.25, -0.2) is 8.42 Å². The highest BCUT2D eigenvalue weighted by Crippen LogP contribution is 2.22. The zero-order valence-electron chi connectivity index (χ0n) is 8.71. The number of nitrogen functional groups attached to an aromatic ring is 1. The van der Waals surface area contributed by atoms with Crippen molar-refractivity contribution in [1.82, 2.24) is 0 Å². The Morgan fingerprint density at radius 3 is 2.13 bits per heavy atom. The molecule has 0 spiro atoms. The van der Waals surface area contributed by atoms with Crippen LogP contribution < -0.4 is 5.73 Å². The molecule has 2 unspecified atom stereocenters. The number of nitrogens with two attached hydrogens (primary N) is 1. The quantitative estimate of drug-likeness (QED) is 0.749. The second-order valence-electron chi connectivity index (χ2n) is 3.65. The first-order valence-corrected chi connectivity index (χ1v) is 6.50. The average molecular weight is 229 g/mol. The Hall–Kier alpha value is -1.07. The average Bonchev–Trinajstić information content (AvgIpc) is 2.15. The van der Waals surface area contributed by atoms with Crippen molar-refractivity contribution >= 4 is 15.5 Å². The summed E-state index contributed by atoms with van der Waals surface area (Å²) in [6.45, 7) is 1.48. The molecule has 0 radical (unpaired) electrons. The molecule has 0 fully saturated rings. The van der Waals surface area contributed by atoms with Gasteiger partial charge in [0, 0.05) is 11.9 Å². The Bertz CT molecular complexity index is 424. The molecule has 84 valence electrons. The first kappa shape index (κ1) is 12.0. The topological polar surface area (TPSA) is 80.4 Å². The molecule has 0 saturated heterocycles. The van der Waals surface area contributed by atoms with Crippen molar-refractivity contribution in [2.24, 2.45) is 0 Å². The van der Waals surface area contributed by atoms with Crippen molar-refractivity contribution < 1.29 is 13.5 Å². The van der Waals surface area contributed by atoms with Crippen molar-refractivity contribution in [2.45, 2.75) is 18.3 Å². The smallest absolute Gasteiger partial charge is 0.152 e. The molecule has 0 aliphatic heterocycles. The molecule has 0 aromatic heterocycles. The lowest BCUT2D eigenvalue weighted by molar-refractivity contribution is 0.176. The lowest BCUT2D eigenvalue weighted by atomic mass is 10.1. The number of hydrogen-bond donors (Lipinski definition) is 2. The van der Waals surface area contributed by atoms with E-state index in [1.54, 1.807) is 24.3 Å². The summed E-state index contributed by atoms with van der Waals surface area (Å²) >= 11 is 0. The third-order valence-corrected chi connectivity index (χ3v) is 4.01. The Labute approximate surface area is 89.7 Å². The third-order valence-electron chi connectivity index (χ3n) is 2.40. The van der Waals surface area contributed by atoms with Gasteiger partial charge in [0.1, 0.15) is 0 Å². The van der Waals surface area contributed by atoms with Crippen molar-refractivity contribution in [1.29, 1.82) is 0 Å². The van der Waals surface area contributed by atoms with Crippen molar-refractivity contribution in [3.8, 4) is 0 Å². The van der Waals surface area contributed by atoms with Gasteiger partial charge >= 0.3 is 0 Å². The van der Waals surface area contributed by atoms with Crippen molar-refractivity contribution in [3.63, 3.8) is 0 Å². The summed E-state index contributed by atoms with van der Waals surface area (Å²) in [6, 6.07) is 6.52. The number of benzene rings is 1. The molecular formula is C10H15NO3S. The molecule has 0 saturated carbocycles. The number of hydrogen-bond acceptors (Lipinski definition) is 4. The Morgan fingerprint density at radius 1 is 1.27 bits per heavy atom. The van der Waals surface area contributed by atoms with Crippen molar-refractivity contribution in [3.05, 3.63) is 29.8 Å². The van der Waals surface area contributed by atoms with E-state index in [-0.39, 0.29) is 0 Å². The lowest BCUT2D eigenvalue weighted by Gasteiger charge is -2.17. The van der Waals surface area contributed by atoms with Crippen LogP contribution in [0.3, 0.4) is 0 Å². The highest BCUT2D eigenvalue weighted by molar-refractivity contribution is 7.91. The van der Waals surface area contributed by atoms with Gasteiger partial charge in [-0.3, -0.25) is 0 Å². The minimum absolute atomic E-state index is 0.558. The van der Waals surface area contributed by atoms with Crippen LogP contribution in [0.5, 0.6) is 0 Å². The second kappa shape index (κ2) is 4.20. The summed E-state index contributed by atoms with van der Waals surface area (Å²) in [5.41, 5.74) is 6.63. The van der Waals surface area contributed by atoms with Crippen LogP contribution in [0.4, 0.5) is 5.69 Å². The zero-order valence-corrected chi connectivity index (χ0v) is 9.53. The van der Waals surface area contributed by atoms with Crippen molar-refractivity contribution in [2.75, 3.05) is 12.0 Å². The van der Waals surface area contributed by atoms with E-state index in [4.69, 9.17) is 5.73 Å². The van der Waals surface area contributed by atoms with E-state index in [0.717, 1.165) is 6.26 Å². The minimum atomic E-state index is -3.24. The lowest BCUT2D eigenvalue weighted by Crippen LogP contribution is -2.24. The van der Waals surface area contributed by atoms with Gasteiger partial charge in [-0.05, 0) is 24.6 Å². The number of anilines is 1. The molecule has 0 amide bonds. The molecule has 0 bridgehead atoms. The summed E-state index contributed by atoms with van der Waals surface area (Å²) in [4.78, 5) is 0. The van der Waals surface area contributed by atoms with Gasteiger partial charge in [-0.1, -0.05) is 12.1 Å². The van der Waals surface area contributed by atoms with Gasteiger partial charge in [-0.2, -0.15) is 0 Å². The van der Waals surface area contributed by atoms with Crippen LogP contribution in [0.2, 0.25) is 0 Å². The van der Waals surface area contributed by atoms with Crippen LogP contribution in [0.25, 0.3) is 0 Å². The maximum atomic E-state index is 11.2. The Balaban J connectivity index is 2.95. The molecule has 2 atom stereocenters. The molecule has 1 aromatic rings. The molecule has 0 heterocycles. The maximum Gasteiger partial charge on any atom is 0.152 e. The van der Waals surface area contributed by atoms with E-state index >= 15 is 0 Å². The predicted octanol–water partition coefficient (Wildman–Crippen LogP) is 0.735. The largest absolute Gasteiger partial charge is 0.399 e. The molecule has 0 aliphatic rings. The number of rotatable bonds is 3. The van der Waals surface area contributed by atoms with Gasteiger partial charge in [0.15, 0.2) is 9.84 Å². The third kappa shape index (κ3) is 2.94. The van der Waals surface area contributed by atoms with Gasteiger partial charge in [0.25, 0.3) is 0 Å². The van der Waals surface area contributed by atoms with E-state index in [1.165, 1.54) is 6.92 Å². The highest BCUT2D eigenvalue weighted by atomic mass is 32.2. The van der Waals surface area contributed by atoms with Gasteiger partial charge in [0.2, 0.25) is 0 Å². The standard InChI is InChI=1S/C10H15NO3S/c1-7(15(2,13)14)10(12)8-3-5-9(11)6-4-8/h3-7,10,12H,11H2,1-2H3. The molecule has 3 N–H and O–H groups in total. The predicted molar refractivity (Wildman–Crippen MR) is 60.1 cm³/mol. The van der Waals surface area contributed by atoms with E-state index in [0.29, 0.717) is 11.3 Å². The molecule has 1 rings (SSSR count). The summed E-state index contributed by atoms with van der Waals surface area (Å²) in [7, 11) is -3.24. The maximum absolute atomic E-state index is 11.2. The summed E-state index contributed by atoms with van der Waals surface area (Å²) in [6.07, 6.45) is 0.0960. The first-order chi connectivity index (χ1) is 6.82. The SMILES string of the molecule is CC(C(O)c1ccc(N)cc1)S(C)(=O)=O. The summed E-state index contributed by atoms with van der Waals surface area (Å²) < 4.78 is 22.5. The minimum Gasteiger partial charge on any atom is -0.399 e. The van der Waals surface area contributed by atoms with Crippen LogP contribution in [0, 0.1) is 0 Å². The van der Waals surface area contributed by atoms with Crippen LogP contribution in [0.15, 0.2) is 24.3 Å². The van der Waals surface area contributed by atoms with E-state index < -0.39 is 21.2 Å². The molecule has 15 heavy (non-hydrogen) atoms. The Kier molecular flexibility index (Phi) is 3.36. The molecule has 4 nitrogen and oxygen atoms in total.